The van der Waals surface area contributed by atoms with Crippen LogP contribution >= 0.6 is 12.2 Å². The topological polar surface area (TPSA) is 38.5 Å². The van der Waals surface area contributed by atoms with Gasteiger partial charge in [0.1, 0.15) is 0 Å². The first-order valence-corrected chi connectivity index (χ1v) is 6.64. The van der Waals surface area contributed by atoms with Crippen molar-refractivity contribution in [3.05, 3.63) is 0 Å². The smallest absolute Gasteiger partial charge is 0.0740 e. The third-order valence-corrected chi connectivity index (χ3v) is 3.34. The Bertz CT molecular complexity index is 215. The van der Waals surface area contributed by atoms with Gasteiger partial charge >= 0.3 is 0 Å². The summed E-state index contributed by atoms with van der Waals surface area (Å²) in [5, 5.41) is 0. The molecule has 94 valence electrons. The molecule has 2 N–H and O–H groups in total. The molecule has 0 aromatic rings. The number of ether oxygens (including phenoxy) is 1. The maximum atomic E-state index is 5.63. The molecule has 0 spiro atoms. The molecule has 1 rings (SSSR count). The summed E-state index contributed by atoms with van der Waals surface area (Å²) in [6.45, 7) is 7.44. The van der Waals surface area contributed by atoms with E-state index in [1.165, 1.54) is 12.8 Å². The molecule has 0 aliphatic carbocycles. The molecule has 4 heteroatoms. The van der Waals surface area contributed by atoms with Gasteiger partial charge in [-0.15, -0.1) is 0 Å². The zero-order chi connectivity index (χ0) is 12.0. The Balaban J connectivity index is 2.23. The van der Waals surface area contributed by atoms with Crippen molar-refractivity contribution in [3.63, 3.8) is 0 Å². The molecular weight excluding hydrogens is 220 g/mol. The second-order valence-corrected chi connectivity index (χ2v) is 5.29. The molecule has 0 bridgehead atoms. The minimum atomic E-state index is 0.478. The lowest BCUT2D eigenvalue weighted by Gasteiger charge is -2.27. The fourth-order valence-corrected chi connectivity index (χ4v) is 2.16. The summed E-state index contributed by atoms with van der Waals surface area (Å²) < 4.78 is 5.63. The molecule has 1 aliphatic rings. The predicted octanol–water partition coefficient (Wildman–Crippen LogP) is 1.94. The van der Waals surface area contributed by atoms with Crippen LogP contribution in [0.5, 0.6) is 0 Å². The van der Waals surface area contributed by atoms with E-state index >= 15 is 0 Å². The summed E-state index contributed by atoms with van der Waals surface area (Å²) in [4.78, 5) is 3.05. The maximum absolute atomic E-state index is 5.63. The molecule has 0 aromatic heterocycles. The summed E-state index contributed by atoms with van der Waals surface area (Å²) in [5.41, 5.74) is 5.54. The average molecular weight is 244 g/mol. The maximum Gasteiger partial charge on any atom is 0.0740 e. The minimum absolute atomic E-state index is 0.478. The van der Waals surface area contributed by atoms with E-state index in [2.05, 4.69) is 18.7 Å². The molecule has 1 heterocycles. The first kappa shape index (κ1) is 13.9. The van der Waals surface area contributed by atoms with Crippen molar-refractivity contribution in [2.24, 2.45) is 5.73 Å². The van der Waals surface area contributed by atoms with Gasteiger partial charge in [-0.2, -0.15) is 0 Å². The SMILES string of the molecule is CC(C)N(CCC(N)=S)CCC1CCCO1. The van der Waals surface area contributed by atoms with Gasteiger partial charge in [-0.3, -0.25) is 0 Å². The Labute approximate surface area is 104 Å². The third-order valence-electron chi connectivity index (χ3n) is 3.14. The summed E-state index contributed by atoms with van der Waals surface area (Å²) in [6, 6.07) is 0.552. The summed E-state index contributed by atoms with van der Waals surface area (Å²) in [5.74, 6) is 0. The van der Waals surface area contributed by atoms with Crippen LogP contribution in [0.15, 0.2) is 0 Å². The van der Waals surface area contributed by atoms with E-state index in [0.717, 1.165) is 32.5 Å². The summed E-state index contributed by atoms with van der Waals surface area (Å²) >= 11 is 4.92. The van der Waals surface area contributed by atoms with Gasteiger partial charge in [-0.1, -0.05) is 12.2 Å². The van der Waals surface area contributed by atoms with Gasteiger partial charge in [0.2, 0.25) is 0 Å². The molecule has 1 aliphatic heterocycles. The predicted molar refractivity (Wildman–Crippen MR) is 71.7 cm³/mol. The molecule has 0 saturated carbocycles. The van der Waals surface area contributed by atoms with E-state index in [0.29, 0.717) is 17.1 Å². The summed E-state index contributed by atoms with van der Waals surface area (Å²) in [6.07, 6.45) is 4.88. The van der Waals surface area contributed by atoms with Crippen molar-refractivity contribution in [2.75, 3.05) is 19.7 Å². The average Bonchev–Trinajstić information content (AvgIpc) is 2.69. The lowest BCUT2D eigenvalue weighted by molar-refractivity contribution is 0.0877. The number of hydrogen-bond acceptors (Lipinski definition) is 3. The van der Waals surface area contributed by atoms with Crippen LogP contribution in [0.4, 0.5) is 0 Å². The van der Waals surface area contributed by atoms with Crippen molar-refractivity contribution in [1.82, 2.24) is 4.90 Å². The molecule has 3 nitrogen and oxygen atoms in total. The van der Waals surface area contributed by atoms with E-state index in [1.54, 1.807) is 0 Å². The first-order chi connectivity index (χ1) is 7.59. The number of hydrogen-bond donors (Lipinski definition) is 1. The van der Waals surface area contributed by atoms with Gasteiger partial charge < -0.3 is 15.4 Å². The lowest BCUT2D eigenvalue weighted by atomic mass is 10.1. The van der Waals surface area contributed by atoms with Crippen LogP contribution in [0, 0.1) is 0 Å². The Morgan fingerprint density at radius 2 is 2.25 bits per heavy atom. The highest BCUT2D eigenvalue weighted by molar-refractivity contribution is 7.80. The highest BCUT2D eigenvalue weighted by Crippen LogP contribution is 2.16. The third kappa shape index (κ3) is 5.23. The standard InChI is InChI=1S/C12H24N2OS/c1-10(2)14(8-6-12(13)16)7-5-11-4-3-9-15-11/h10-11H,3-9H2,1-2H3,(H2,13,16). The van der Waals surface area contributed by atoms with Crippen molar-refractivity contribution >= 4 is 17.2 Å². The van der Waals surface area contributed by atoms with Crippen molar-refractivity contribution in [2.45, 2.75) is 51.7 Å². The largest absolute Gasteiger partial charge is 0.393 e. The van der Waals surface area contributed by atoms with Crippen LogP contribution in [-0.4, -0.2) is 41.7 Å². The number of nitrogens with two attached hydrogens (primary N) is 1. The van der Waals surface area contributed by atoms with Crippen LogP contribution in [-0.2, 0) is 4.74 Å². The van der Waals surface area contributed by atoms with Crippen molar-refractivity contribution in [3.8, 4) is 0 Å². The first-order valence-electron chi connectivity index (χ1n) is 6.23. The lowest BCUT2D eigenvalue weighted by Crippen LogP contribution is -2.35. The molecule has 1 fully saturated rings. The van der Waals surface area contributed by atoms with Gasteiger partial charge in [-0.25, -0.2) is 0 Å². The van der Waals surface area contributed by atoms with Crippen LogP contribution in [0.2, 0.25) is 0 Å². The Morgan fingerprint density at radius 1 is 1.50 bits per heavy atom. The van der Waals surface area contributed by atoms with Crippen LogP contribution < -0.4 is 5.73 Å². The monoisotopic (exact) mass is 244 g/mol. The second-order valence-electron chi connectivity index (χ2n) is 4.77. The molecule has 0 amide bonds. The minimum Gasteiger partial charge on any atom is -0.393 e. The molecular formula is C12H24N2OS. The molecule has 1 saturated heterocycles. The van der Waals surface area contributed by atoms with Crippen LogP contribution in [0.25, 0.3) is 0 Å². The van der Waals surface area contributed by atoms with Gasteiger partial charge in [0.05, 0.1) is 11.1 Å². The number of thiocarbonyl (C=S) groups is 1. The molecule has 1 atom stereocenters. The highest BCUT2D eigenvalue weighted by Gasteiger charge is 2.17. The Morgan fingerprint density at radius 3 is 2.75 bits per heavy atom. The zero-order valence-electron chi connectivity index (χ0n) is 10.4. The normalized spacial score (nSPS) is 20.9. The molecule has 16 heavy (non-hydrogen) atoms. The van der Waals surface area contributed by atoms with E-state index in [4.69, 9.17) is 22.7 Å². The van der Waals surface area contributed by atoms with E-state index in [1.807, 2.05) is 0 Å². The van der Waals surface area contributed by atoms with Crippen LogP contribution in [0.1, 0.15) is 39.5 Å². The Hall–Kier alpha value is -0.190. The highest BCUT2D eigenvalue weighted by atomic mass is 32.1. The molecule has 0 radical (unpaired) electrons. The van der Waals surface area contributed by atoms with E-state index in [-0.39, 0.29) is 0 Å². The number of nitrogens with zero attached hydrogens (tertiary/aromatic N) is 1. The summed E-state index contributed by atoms with van der Waals surface area (Å²) in [7, 11) is 0. The number of rotatable bonds is 7. The zero-order valence-corrected chi connectivity index (χ0v) is 11.3. The Kier molecular flexibility index (Phi) is 6.24. The fourth-order valence-electron chi connectivity index (χ4n) is 2.06. The van der Waals surface area contributed by atoms with Gasteiger partial charge in [0.25, 0.3) is 0 Å². The van der Waals surface area contributed by atoms with Gasteiger partial charge in [0, 0.05) is 32.2 Å². The van der Waals surface area contributed by atoms with Crippen LogP contribution in [0.3, 0.4) is 0 Å². The molecule has 0 aromatic carbocycles. The van der Waals surface area contributed by atoms with Crippen molar-refractivity contribution in [1.29, 1.82) is 0 Å². The van der Waals surface area contributed by atoms with Gasteiger partial charge in [0.15, 0.2) is 0 Å². The quantitative estimate of drug-likeness (QED) is 0.695. The van der Waals surface area contributed by atoms with Crippen molar-refractivity contribution < 1.29 is 4.74 Å². The second kappa shape index (κ2) is 7.20. The van der Waals surface area contributed by atoms with E-state index < -0.39 is 0 Å². The van der Waals surface area contributed by atoms with E-state index in [9.17, 15) is 0 Å². The van der Waals surface area contributed by atoms with Gasteiger partial charge in [-0.05, 0) is 33.1 Å². The molecule has 1 unspecified atom stereocenters. The fraction of sp³-hybridized carbons (Fsp3) is 0.917.